The van der Waals surface area contributed by atoms with Gasteiger partial charge in [-0.15, -0.1) is 0 Å². The normalized spacial score (nSPS) is 10.9. The lowest BCUT2D eigenvalue weighted by atomic mass is 10.1. The molecule has 3 nitrogen and oxygen atoms in total. The number of fused-ring (bicyclic) bond motifs is 1. The molecule has 0 saturated carbocycles. The number of nitrogens with zero attached hydrogens (tertiary/aromatic N) is 2. The Morgan fingerprint density at radius 3 is 2.80 bits per heavy atom. The second-order valence-corrected chi connectivity index (χ2v) is 4.06. The van der Waals surface area contributed by atoms with Crippen molar-refractivity contribution in [3.63, 3.8) is 0 Å². The van der Waals surface area contributed by atoms with Crippen molar-refractivity contribution in [1.29, 1.82) is 0 Å². The lowest BCUT2D eigenvalue weighted by Gasteiger charge is -2.05. The van der Waals surface area contributed by atoms with Crippen LogP contribution in [-0.2, 0) is 6.42 Å². The Hall–Kier alpha value is -1.51. The van der Waals surface area contributed by atoms with Gasteiger partial charge in [0.2, 0.25) is 5.95 Å². The van der Waals surface area contributed by atoms with Crippen LogP contribution in [-0.4, -0.2) is 24.1 Å². The van der Waals surface area contributed by atoms with Crippen LogP contribution < -0.4 is 4.90 Å². The van der Waals surface area contributed by atoms with Crippen LogP contribution >= 0.6 is 0 Å². The zero-order chi connectivity index (χ0) is 10.8. The Labute approximate surface area is 90.1 Å². The van der Waals surface area contributed by atoms with E-state index in [1.807, 2.05) is 19.0 Å². The number of aromatic nitrogens is 2. The van der Waals surface area contributed by atoms with Crippen LogP contribution in [0.1, 0.15) is 18.9 Å². The number of aromatic amines is 1. The molecule has 0 aliphatic heterocycles. The summed E-state index contributed by atoms with van der Waals surface area (Å²) in [6.45, 7) is 2.20. The summed E-state index contributed by atoms with van der Waals surface area (Å²) >= 11 is 0. The molecule has 2 aromatic rings. The lowest BCUT2D eigenvalue weighted by molar-refractivity contribution is 0.923. The highest BCUT2D eigenvalue weighted by Gasteiger charge is 2.04. The number of rotatable bonds is 3. The fourth-order valence-corrected chi connectivity index (χ4v) is 1.70. The van der Waals surface area contributed by atoms with Crippen molar-refractivity contribution >= 4 is 17.0 Å². The smallest absolute Gasteiger partial charge is 0.203 e. The first-order chi connectivity index (χ1) is 7.20. The van der Waals surface area contributed by atoms with E-state index in [-0.39, 0.29) is 0 Å². The van der Waals surface area contributed by atoms with Gasteiger partial charge in [-0.25, -0.2) is 4.98 Å². The zero-order valence-corrected chi connectivity index (χ0v) is 9.54. The molecule has 1 heterocycles. The summed E-state index contributed by atoms with van der Waals surface area (Å²) in [4.78, 5) is 9.78. The minimum Gasteiger partial charge on any atom is -0.349 e. The molecule has 0 saturated heterocycles. The molecular formula is C12H17N3. The molecular weight excluding hydrogens is 186 g/mol. The van der Waals surface area contributed by atoms with Gasteiger partial charge in [0.05, 0.1) is 11.0 Å². The predicted octanol–water partition coefficient (Wildman–Crippen LogP) is 2.58. The van der Waals surface area contributed by atoms with Gasteiger partial charge in [-0.05, 0) is 24.1 Å². The molecule has 0 radical (unpaired) electrons. The number of benzene rings is 1. The average Bonchev–Trinajstić information content (AvgIpc) is 2.61. The maximum absolute atomic E-state index is 4.48. The SMILES string of the molecule is CCCc1ccc2nc(N(C)C)[nH]c2c1. The number of H-pyrrole nitrogens is 1. The van der Waals surface area contributed by atoms with E-state index in [1.165, 1.54) is 12.0 Å². The number of hydrogen-bond acceptors (Lipinski definition) is 2. The lowest BCUT2D eigenvalue weighted by Crippen LogP contribution is -2.09. The van der Waals surface area contributed by atoms with E-state index in [1.54, 1.807) is 0 Å². The highest BCUT2D eigenvalue weighted by molar-refractivity contribution is 5.78. The van der Waals surface area contributed by atoms with E-state index in [2.05, 4.69) is 35.1 Å². The number of aryl methyl sites for hydroxylation is 1. The molecule has 1 aromatic carbocycles. The fraction of sp³-hybridized carbons (Fsp3) is 0.417. The van der Waals surface area contributed by atoms with Gasteiger partial charge in [-0.1, -0.05) is 19.4 Å². The van der Waals surface area contributed by atoms with Crippen LogP contribution in [0.5, 0.6) is 0 Å². The number of imidazole rings is 1. The third-order valence-corrected chi connectivity index (χ3v) is 2.50. The molecule has 0 unspecified atom stereocenters. The zero-order valence-electron chi connectivity index (χ0n) is 9.54. The summed E-state index contributed by atoms with van der Waals surface area (Å²) in [5.41, 5.74) is 3.54. The molecule has 0 atom stereocenters. The van der Waals surface area contributed by atoms with Crippen LogP contribution in [0.15, 0.2) is 18.2 Å². The minimum atomic E-state index is 0.915. The molecule has 15 heavy (non-hydrogen) atoms. The predicted molar refractivity (Wildman–Crippen MR) is 64.4 cm³/mol. The summed E-state index contributed by atoms with van der Waals surface area (Å²) in [7, 11) is 3.98. The summed E-state index contributed by atoms with van der Waals surface area (Å²) in [6.07, 6.45) is 2.31. The van der Waals surface area contributed by atoms with Gasteiger partial charge in [0.25, 0.3) is 0 Å². The van der Waals surface area contributed by atoms with Gasteiger partial charge in [-0.2, -0.15) is 0 Å². The van der Waals surface area contributed by atoms with E-state index in [4.69, 9.17) is 0 Å². The molecule has 0 fully saturated rings. The average molecular weight is 203 g/mol. The number of anilines is 1. The Bertz CT molecular complexity index is 457. The van der Waals surface area contributed by atoms with Crippen molar-refractivity contribution in [3.05, 3.63) is 23.8 Å². The first kappa shape index (κ1) is 10.0. The molecule has 1 N–H and O–H groups in total. The highest BCUT2D eigenvalue weighted by atomic mass is 15.2. The van der Waals surface area contributed by atoms with E-state index < -0.39 is 0 Å². The summed E-state index contributed by atoms with van der Waals surface area (Å²) < 4.78 is 0. The monoisotopic (exact) mass is 203 g/mol. The second-order valence-electron chi connectivity index (χ2n) is 4.06. The second kappa shape index (κ2) is 3.93. The van der Waals surface area contributed by atoms with Crippen LogP contribution in [0.2, 0.25) is 0 Å². The van der Waals surface area contributed by atoms with Crippen molar-refractivity contribution in [2.75, 3.05) is 19.0 Å². The fourth-order valence-electron chi connectivity index (χ4n) is 1.70. The third-order valence-electron chi connectivity index (χ3n) is 2.50. The maximum Gasteiger partial charge on any atom is 0.203 e. The first-order valence-electron chi connectivity index (χ1n) is 5.36. The molecule has 0 spiro atoms. The molecule has 0 aliphatic rings. The van der Waals surface area contributed by atoms with Crippen LogP contribution in [0.3, 0.4) is 0 Å². The van der Waals surface area contributed by atoms with Crippen molar-refractivity contribution in [2.24, 2.45) is 0 Å². The minimum absolute atomic E-state index is 0.915. The van der Waals surface area contributed by atoms with E-state index in [9.17, 15) is 0 Å². The summed E-state index contributed by atoms with van der Waals surface area (Å²) in [6, 6.07) is 6.44. The molecule has 1 aromatic heterocycles. The molecule has 3 heteroatoms. The number of hydrogen-bond donors (Lipinski definition) is 1. The van der Waals surface area contributed by atoms with Crippen LogP contribution in [0.25, 0.3) is 11.0 Å². The van der Waals surface area contributed by atoms with E-state index in [0.29, 0.717) is 0 Å². The molecule has 0 amide bonds. The van der Waals surface area contributed by atoms with Gasteiger partial charge in [0.15, 0.2) is 0 Å². The Balaban J connectivity index is 2.43. The molecule has 0 aliphatic carbocycles. The Morgan fingerprint density at radius 2 is 2.13 bits per heavy atom. The highest BCUT2D eigenvalue weighted by Crippen LogP contribution is 2.18. The quantitative estimate of drug-likeness (QED) is 0.831. The van der Waals surface area contributed by atoms with Crippen LogP contribution in [0, 0.1) is 0 Å². The van der Waals surface area contributed by atoms with Crippen molar-refractivity contribution in [3.8, 4) is 0 Å². The topological polar surface area (TPSA) is 31.9 Å². The standard InChI is InChI=1S/C12H17N3/c1-4-5-9-6-7-10-11(8-9)14-12(13-10)15(2)3/h6-8H,4-5H2,1-3H3,(H,13,14). The number of nitrogens with one attached hydrogen (secondary N) is 1. The molecule has 0 bridgehead atoms. The van der Waals surface area contributed by atoms with E-state index in [0.717, 1.165) is 23.4 Å². The molecule has 2 rings (SSSR count). The maximum atomic E-state index is 4.48. The van der Waals surface area contributed by atoms with Gasteiger partial charge >= 0.3 is 0 Å². The van der Waals surface area contributed by atoms with Crippen LogP contribution in [0.4, 0.5) is 5.95 Å². The van der Waals surface area contributed by atoms with Gasteiger partial charge in [0.1, 0.15) is 0 Å². The van der Waals surface area contributed by atoms with E-state index >= 15 is 0 Å². The van der Waals surface area contributed by atoms with Crippen molar-refractivity contribution in [1.82, 2.24) is 9.97 Å². The van der Waals surface area contributed by atoms with Crippen molar-refractivity contribution in [2.45, 2.75) is 19.8 Å². The van der Waals surface area contributed by atoms with Crippen molar-refractivity contribution < 1.29 is 0 Å². The largest absolute Gasteiger partial charge is 0.349 e. The summed E-state index contributed by atoms with van der Waals surface area (Å²) in [5, 5.41) is 0. The Morgan fingerprint density at radius 1 is 1.33 bits per heavy atom. The molecule has 80 valence electrons. The van der Waals surface area contributed by atoms with Gasteiger partial charge in [-0.3, -0.25) is 0 Å². The Kier molecular flexibility index (Phi) is 2.62. The van der Waals surface area contributed by atoms with Gasteiger partial charge in [0, 0.05) is 14.1 Å². The summed E-state index contributed by atoms with van der Waals surface area (Å²) in [5.74, 6) is 0.915. The third kappa shape index (κ3) is 1.96. The van der Waals surface area contributed by atoms with Gasteiger partial charge < -0.3 is 9.88 Å². The first-order valence-corrected chi connectivity index (χ1v) is 5.36.